The Morgan fingerprint density at radius 2 is 2.04 bits per heavy atom. The maximum Gasteiger partial charge on any atom is 0.510 e. The van der Waals surface area contributed by atoms with Gasteiger partial charge in [0, 0.05) is 19.4 Å². The van der Waals surface area contributed by atoms with Crippen LogP contribution in [0.25, 0.3) is 0 Å². The number of nitrogens with one attached hydrogen (secondary N) is 1. The van der Waals surface area contributed by atoms with Crippen molar-refractivity contribution in [3.05, 3.63) is 0 Å². The number of rotatable bonds is 7. The van der Waals surface area contributed by atoms with Gasteiger partial charge in [-0.05, 0) is 20.8 Å². The van der Waals surface area contributed by atoms with Crippen LogP contribution in [0.3, 0.4) is 0 Å². The summed E-state index contributed by atoms with van der Waals surface area (Å²) in [7, 11) is 1.44. The zero-order chi connectivity index (χ0) is 18.8. The largest absolute Gasteiger partial charge is 0.510 e. The molecule has 2 saturated heterocycles. The highest BCUT2D eigenvalue weighted by Crippen LogP contribution is 2.42. The SMILES string of the molecule is COCC1(C(=O)O)CS[C@@H]2[C@H](NC(C)OC(=O)OC(C)C)C(=O)N2C1.Cl. The van der Waals surface area contributed by atoms with Crippen LogP contribution in [-0.2, 0) is 23.8 Å². The number of carboxylic acid groups (broad SMARTS) is 1. The summed E-state index contributed by atoms with van der Waals surface area (Å²) in [5.41, 5.74) is -1.10. The Kier molecular flexibility index (Phi) is 8.00. The van der Waals surface area contributed by atoms with Gasteiger partial charge in [-0.15, -0.1) is 24.2 Å². The number of fused-ring (bicyclic) bond motifs is 1. The smallest absolute Gasteiger partial charge is 0.481 e. The molecule has 2 rings (SSSR count). The molecule has 4 atom stereocenters. The number of nitrogens with zero attached hydrogens (tertiary/aromatic N) is 1. The lowest BCUT2D eigenvalue weighted by Crippen LogP contribution is -2.74. The molecule has 0 radical (unpaired) electrons. The Hall–Kier alpha value is -1.23. The van der Waals surface area contributed by atoms with Gasteiger partial charge in [0.1, 0.15) is 16.8 Å². The Morgan fingerprint density at radius 3 is 2.58 bits per heavy atom. The van der Waals surface area contributed by atoms with E-state index in [1.165, 1.54) is 23.8 Å². The number of carbonyl (C=O) groups excluding carboxylic acids is 2. The molecule has 150 valence electrons. The fraction of sp³-hybridized carbons (Fsp3) is 0.800. The fourth-order valence-electron chi connectivity index (χ4n) is 2.85. The van der Waals surface area contributed by atoms with E-state index in [1.807, 2.05) is 0 Å². The minimum atomic E-state index is -1.10. The van der Waals surface area contributed by atoms with E-state index in [0.717, 1.165) is 0 Å². The van der Waals surface area contributed by atoms with E-state index in [0.29, 0.717) is 5.75 Å². The van der Waals surface area contributed by atoms with Gasteiger partial charge >= 0.3 is 12.1 Å². The van der Waals surface area contributed by atoms with Gasteiger partial charge < -0.3 is 24.2 Å². The molecule has 2 fully saturated rings. The number of carboxylic acids is 1. The lowest BCUT2D eigenvalue weighted by Gasteiger charge is -2.54. The first-order valence-corrected chi connectivity index (χ1v) is 9.03. The molecule has 26 heavy (non-hydrogen) atoms. The summed E-state index contributed by atoms with van der Waals surface area (Å²) in [5.74, 6) is -0.850. The number of β-lactam (4-membered cyclic amide) rings is 1. The molecule has 0 aromatic heterocycles. The van der Waals surface area contributed by atoms with Crippen molar-refractivity contribution in [2.24, 2.45) is 5.41 Å². The third-order valence-electron chi connectivity index (χ3n) is 4.04. The second-order valence-electron chi connectivity index (χ2n) is 6.51. The van der Waals surface area contributed by atoms with Crippen LogP contribution in [-0.4, -0.2) is 77.8 Å². The highest BCUT2D eigenvalue weighted by atomic mass is 35.5. The van der Waals surface area contributed by atoms with Crippen LogP contribution < -0.4 is 5.32 Å². The lowest BCUT2D eigenvalue weighted by atomic mass is 9.88. The van der Waals surface area contributed by atoms with Gasteiger partial charge in [-0.2, -0.15) is 0 Å². The summed E-state index contributed by atoms with van der Waals surface area (Å²) >= 11 is 1.38. The van der Waals surface area contributed by atoms with E-state index in [4.69, 9.17) is 14.2 Å². The van der Waals surface area contributed by atoms with Gasteiger partial charge in [-0.1, -0.05) is 0 Å². The highest BCUT2D eigenvalue weighted by molar-refractivity contribution is 8.00. The number of hydrogen-bond donors (Lipinski definition) is 2. The van der Waals surface area contributed by atoms with Crippen LogP contribution in [0.15, 0.2) is 0 Å². The van der Waals surface area contributed by atoms with Crippen molar-refractivity contribution in [2.75, 3.05) is 26.0 Å². The molecule has 11 heteroatoms. The summed E-state index contributed by atoms with van der Waals surface area (Å²) in [6.07, 6.45) is -1.80. The van der Waals surface area contributed by atoms with Crippen molar-refractivity contribution in [1.29, 1.82) is 0 Å². The third kappa shape index (κ3) is 4.73. The average Bonchev–Trinajstić information content (AvgIpc) is 2.51. The van der Waals surface area contributed by atoms with Crippen LogP contribution in [0.5, 0.6) is 0 Å². The van der Waals surface area contributed by atoms with Crippen LogP contribution in [0.2, 0.25) is 0 Å². The van der Waals surface area contributed by atoms with Crippen LogP contribution >= 0.6 is 24.2 Å². The molecule has 2 unspecified atom stereocenters. The van der Waals surface area contributed by atoms with Crippen LogP contribution in [0.4, 0.5) is 4.79 Å². The maximum absolute atomic E-state index is 12.4. The Bertz CT molecular complexity index is 550. The summed E-state index contributed by atoms with van der Waals surface area (Å²) < 4.78 is 15.0. The predicted molar refractivity (Wildman–Crippen MR) is 96.2 cm³/mol. The number of methoxy groups -OCH3 is 1. The molecule has 2 aliphatic rings. The molecule has 1 amide bonds. The fourth-order valence-corrected chi connectivity index (χ4v) is 4.39. The van der Waals surface area contributed by atoms with E-state index >= 15 is 0 Å². The number of halogens is 1. The van der Waals surface area contributed by atoms with Crippen molar-refractivity contribution in [3.63, 3.8) is 0 Å². The predicted octanol–water partition coefficient (Wildman–Crippen LogP) is 0.906. The van der Waals surface area contributed by atoms with Gasteiger partial charge in [0.15, 0.2) is 6.23 Å². The van der Waals surface area contributed by atoms with Gasteiger partial charge in [-0.3, -0.25) is 14.9 Å². The third-order valence-corrected chi connectivity index (χ3v) is 5.63. The standard InChI is InChI=1S/C15H24N2O7S.ClH/c1-8(2)23-14(21)24-9(3)16-10-11(18)17-5-15(6-22-4,13(19)20)7-25-12(10)17;/h8-10,12,16H,5-7H2,1-4H3,(H,19,20);1H/t9?,10-,12-,15?;/m1./s1. The van der Waals surface area contributed by atoms with Crippen molar-refractivity contribution in [3.8, 4) is 0 Å². The van der Waals surface area contributed by atoms with E-state index in [-0.39, 0.29) is 42.9 Å². The first-order chi connectivity index (χ1) is 11.7. The van der Waals surface area contributed by atoms with E-state index < -0.39 is 29.8 Å². The first-order valence-electron chi connectivity index (χ1n) is 7.98. The normalized spacial score (nSPS) is 28.5. The zero-order valence-corrected chi connectivity index (χ0v) is 16.7. The van der Waals surface area contributed by atoms with E-state index in [2.05, 4.69) is 5.32 Å². The lowest BCUT2D eigenvalue weighted by molar-refractivity contribution is -0.161. The Morgan fingerprint density at radius 1 is 1.38 bits per heavy atom. The highest BCUT2D eigenvalue weighted by Gasteiger charge is 2.57. The molecular weight excluding hydrogens is 388 g/mol. The number of amides is 1. The molecule has 9 nitrogen and oxygen atoms in total. The van der Waals surface area contributed by atoms with Gasteiger partial charge in [0.2, 0.25) is 5.91 Å². The number of aliphatic carboxylic acids is 1. The maximum atomic E-state index is 12.4. The first kappa shape index (κ1) is 22.8. The molecule has 2 N–H and O–H groups in total. The zero-order valence-electron chi connectivity index (χ0n) is 15.1. The monoisotopic (exact) mass is 412 g/mol. The van der Waals surface area contributed by atoms with Crippen LogP contribution in [0.1, 0.15) is 20.8 Å². The summed E-state index contributed by atoms with van der Waals surface area (Å²) in [6, 6.07) is -0.527. The van der Waals surface area contributed by atoms with Crippen molar-refractivity contribution in [1.82, 2.24) is 10.2 Å². The quantitative estimate of drug-likeness (QED) is 0.357. The topological polar surface area (TPSA) is 114 Å². The summed E-state index contributed by atoms with van der Waals surface area (Å²) in [6.45, 7) is 5.18. The minimum Gasteiger partial charge on any atom is -0.481 e. The van der Waals surface area contributed by atoms with Gasteiger partial charge in [0.05, 0.1) is 12.7 Å². The van der Waals surface area contributed by atoms with Crippen molar-refractivity contribution in [2.45, 2.75) is 44.5 Å². The molecule has 2 aliphatic heterocycles. The summed E-state index contributed by atoms with van der Waals surface area (Å²) in [4.78, 5) is 37.0. The number of ether oxygens (including phenoxy) is 3. The molecule has 2 heterocycles. The van der Waals surface area contributed by atoms with Crippen molar-refractivity contribution >= 4 is 42.2 Å². The minimum absolute atomic E-state index is 0. The second kappa shape index (κ2) is 9.12. The Balaban J connectivity index is 0.00000338. The number of carbonyl (C=O) groups is 3. The number of hydrogen-bond acceptors (Lipinski definition) is 8. The van der Waals surface area contributed by atoms with Crippen LogP contribution in [0, 0.1) is 5.41 Å². The molecule has 0 saturated carbocycles. The molecule has 0 aliphatic carbocycles. The molecular formula is C15H25ClN2O7S. The van der Waals surface area contributed by atoms with Gasteiger partial charge in [0.25, 0.3) is 0 Å². The van der Waals surface area contributed by atoms with E-state index in [1.54, 1.807) is 20.8 Å². The Labute approximate surface area is 162 Å². The van der Waals surface area contributed by atoms with Gasteiger partial charge in [-0.25, -0.2) is 4.79 Å². The molecule has 0 spiro atoms. The second-order valence-corrected chi connectivity index (χ2v) is 7.61. The molecule has 0 bridgehead atoms. The average molecular weight is 413 g/mol. The van der Waals surface area contributed by atoms with Crippen molar-refractivity contribution < 1.29 is 33.7 Å². The summed E-state index contributed by atoms with van der Waals surface area (Å²) in [5, 5.41) is 12.3. The van der Waals surface area contributed by atoms with E-state index in [9.17, 15) is 19.5 Å². The number of thioether (sulfide) groups is 1. The molecule has 0 aromatic rings. The molecule has 0 aromatic carbocycles.